The molecule has 4 rings (SSSR count). The number of amides is 1. The second-order valence-corrected chi connectivity index (χ2v) is 10.2. The molecule has 2 unspecified atom stereocenters. The van der Waals surface area contributed by atoms with Crippen molar-refractivity contribution in [2.75, 3.05) is 24.6 Å². The smallest absolute Gasteiger partial charge is 0.410 e. The molecule has 0 radical (unpaired) electrons. The molecular weight excluding hydrogens is 432 g/mol. The molecule has 148 valence electrons. The maximum absolute atomic E-state index is 12.6. The number of rotatable bonds is 2. The van der Waals surface area contributed by atoms with Crippen molar-refractivity contribution in [1.29, 1.82) is 0 Å². The third-order valence-electron chi connectivity index (χ3n) is 5.77. The van der Waals surface area contributed by atoms with Gasteiger partial charge in [-0.3, -0.25) is 0 Å². The van der Waals surface area contributed by atoms with E-state index in [1.807, 2.05) is 26.8 Å². The van der Waals surface area contributed by atoms with E-state index in [1.54, 1.807) is 4.90 Å². The standard InChI is InChI=1S/C20H26BrClN2O3/c1-20(2,3)27-19(26)24-9-13(7-14(24)10-25)23-8-11-4-15(11)16-5-12(22)6-17(21)18(16)23/h5-6,11,13-15,25H,4,7-10H2,1-3H3/t11?,13-,14-,15?/m1/s1. The Hall–Kier alpha value is -0.980. The number of nitrogens with zero attached hydrogens (tertiary/aromatic N) is 2. The Morgan fingerprint density at radius 3 is 2.74 bits per heavy atom. The maximum atomic E-state index is 12.6. The number of halogens is 2. The van der Waals surface area contributed by atoms with Crippen molar-refractivity contribution in [3.05, 3.63) is 27.2 Å². The monoisotopic (exact) mass is 456 g/mol. The first-order valence-electron chi connectivity index (χ1n) is 9.54. The van der Waals surface area contributed by atoms with E-state index in [0.717, 1.165) is 22.5 Å². The zero-order valence-electron chi connectivity index (χ0n) is 15.9. The number of likely N-dealkylation sites (tertiary alicyclic amines) is 1. The van der Waals surface area contributed by atoms with Crippen LogP contribution >= 0.6 is 27.5 Å². The molecule has 1 N–H and O–H groups in total. The van der Waals surface area contributed by atoms with Crippen LogP contribution in [0.1, 0.15) is 45.1 Å². The van der Waals surface area contributed by atoms with Gasteiger partial charge in [0.25, 0.3) is 0 Å². The van der Waals surface area contributed by atoms with Crippen molar-refractivity contribution in [3.8, 4) is 0 Å². The summed E-state index contributed by atoms with van der Waals surface area (Å²) in [5, 5.41) is 10.6. The second-order valence-electron chi connectivity index (χ2n) is 8.94. The summed E-state index contributed by atoms with van der Waals surface area (Å²) >= 11 is 10.00. The van der Waals surface area contributed by atoms with Gasteiger partial charge in [-0.05, 0) is 79.1 Å². The van der Waals surface area contributed by atoms with Gasteiger partial charge < -0.3 is 19.6 Å². The molecule has 4 atom stereocenters. The summed E-state index contributed by atoms with van der Waals surface area (Å²) in [6.45, 7) is 7.09. The summed E-state index contributed by atoms with van der Waals surface area (Å²) < 4.78 is 6.56. The first-order valence-corrected chi connectivity index (χ1v) is 10.7. The number of aliphatic hydroxyl groups is 1. The molecule has 1 aromatic carbocycles. The first kappa shape index (κ1) is 19.3. The Morgan fingerprint density at radius 1 is 1.33 bits per heavy atom. The van der Waals surface area contributed by atoms with Crippen LogP contribution in [0.3, 0.4) is 0 Å². The van der Waals surface area contributed by atoms with E-state index >= 15 is 0 Å². The van der Waals surface area contributed by atoms with Crippen LogP contribution < -0.4 is 4.90 Å². The summed E-state index contributed by atoms with van der Waals surface area (Å²) in [6, 6.07) is 3.98. The summed E-state index contributed by atoms with van der Waals surface area (Å²) in [6.07, 6.45) is 1.59. The number of benzene rings is 1. The van der Waals surface area contributed by atoms with Gasteiger partial charge in [0.05, 0.1) is 18.3 Å². The van der Waals surface area contributed by atoms with Crippen LogP contribution in [0.2, 0.25) is 5.02 Å². The highest BCUT2D eigenvalue weighted by atomic mass is 79.9. The predicted octanol–water partition coefficient (Wildman–Crippen LogP) is 4.40. The quantitative estimate of drug-likeness (QED) is 0.715. The van der Waals surface area contributed by atoms with Gasteiger partial charge in [-0.25, -0.2) is 4.79 Å². The lowest BCUT2D eigenvalue weighted by Crippen LogP contribution is -2.44. The zero-order valence-corrected chi connectivity index (χ0v) is 18.3. The Kier molecular flexibility index (Phi) is 4.88. The number of aliphatic hydroxyl groups excluding tert-OH is 1. The lowest BCUT2D eigenvalue weighted by molar-refractivity contribution is 0.0174. The average Bonchev–Trinajstić information content (AvgIpc) is 3.21. The van der Waals surface area contributed by atoms with Crippen molar-refractivity contribution >= 4 is 39.3 Å². The van der Waals surface area contributed by atoms with Crippen molar-refractivity contribution in [3.63, 3.8) is 0 Å². The van der Waals surface area contributed by atoms with Crippen LogP contribution in [0, 0.1) is 5.92 Å². The first-order chi connectivity index (χ1) is 12.7. The fourth-order valence-electron chi connectivity index (χ4n) is 4.51. The highest BCUT2D eigenvalue weighted by molar-refractivity contribution is 9.10. The molecule has 1 aromatic rings. The number of ether oxygens (including phenoxy) is 1. The molecule has 2 aliphatic heterocycles. The molecule has 0 aromatic heterocycles. The SMILES string of the molecule is CC(C)(C)OC(=O)N1C[C@H](N2CC3CC3c3cc(Cl)cc(Br)c32)C[C@@H]1CO. The Labute approximate surface area is 173 Å². The van der Waals surface area contributed by atoms with E-state index in [9.17, 15) is 9.90 Å². The Bertz CT molecular complexity index is 766. The van der Waals surface area contributed by atoms with E-state index in [1.165, 1.54) is 17.7 Å². The van der Waals surface area contributed by atoms with Gasteiger partial charge in [-0.15, -0.1) is 0 Å². The lowest BCUT2D eigenvalue weighted by Gasteiger charge is -2.37. The topological polar surface area (TPSA) is 53.0 Å². The molecule has 5 nitrogen and oxygen atoms in total. The molecule has 2 heterocycles. The zero-order chi connectivity index (χ0) is 19.5. The molecule has 0 bridgehead atoms. The molecule has 1 saturated heterocycles. The normalized spacial score (nSPS) is 29.4. The predicted molar refractivity (Wildman–Crippen MR) is 110 cm³/mol. The molecule has 0 spiro atoms. The molecule has 2 fully saturated rings. The molecule has 7 heteroatoms. The van der Waals surface area contributed by atoms with Gasteiger partial charge in [-0.1, -0.05) is 11.6 Å². The molecule has 1 amide bonds. The van der Waals surface area contributed by atoms with E-state index in [0.29, 0.717) is 18.4 Å². The van der Waals surface area contributed by atoms with Gasteiger partial charge >= 0.3 is 6.09 Å². The fraction of sp³-hybridized carbons (Fsp3) is 0.650. The molecular formula is C20H26BrClN2O3. The number of carbonyl (C=O) groups is 1. The van der Waals surface area contributed by atoms with Crippen LogP contribution in [0.4, 0.5) is 10.5 Å². The van der Waals surface area contributed by atoms with Crippen molar-refractivity contribution in [2.45, 2.75) is 57.2 Å². The highest BCUT2D eigenvalue weighted by Crippen LogP contribution is 2.57. The second kappa shape index (κ2) is 6.82. The highest BCUT2D eigenvalue weighted by Gasteiger charge is 2.49. The van der Waals surface area contributed by atoms with Gasteiger partial charge in [0.2, 0.25) is 0 Å². The minimum absolute atomic E-state index is 0.0513. The van der Waals surface area contributed by atoms with Crippen LogP contribution in [-0.4, -0.2) is 53.5 Å². The summed E-state index contributed by atoms with van der Waals surface area (Å²) in [7, 11) is 0. The van der Waals surface area contributed by atoms with Crippen LogP contribution in [0.25, 0.3) is 0 Å². The number of fused-ring (bicyclic) bond motifs is 3. The number of anilines is 1. The van der Waals surface area contributed by atoms with Crippen molar-refractivity contribution < 1.29 is 14.6 Å². The van der Waals surface area contributed by atoms with Crippen molar-refractivity contribution in [2.24, 2.45) is 5.92 Å². The fourth-order valence-corrected chi connectivity index (χ4v) is 5.57. The molecule has 1 aliphatic carbocycles. The Morgan fingerprint density at radius 2 is 2.07 bits per heavy atom. The summed E-state index contributed by atoms with van der Waals surface area (Å²) in [4.78, 5) is 16.7. The van der Waals surface area contributed by atoms with Gasteiger partial charge in [0, 0.05) is 28.6 Å². The van der Waals surface area contributed by atoms with Gasteiger partial charge in [-0.2, -0.15) is 0 Å². The van der Waals surface area contributed by atoms with Gasteiger partial charge in [0.15, 0.2) is 0 Å². The third-order valence-corrected chi connectivity index (χ3v) is 6.59. The summed E-state index contributed by atoms with van der Waals surface area (Å²) in [5.41, 5.74) is 1.96. The average molecular weight is 458 g/mol. The minimum Gasteiger partial charge on any atom is -0.444 e. The molecule has 3 aliphatic rings. The largest absolute Gasteiger partial charge is 0.444 e. The Balaban J connectivity index is 1.60. The number of hydrogen-bond donors (Lipinski definition) is 1. The number of hydrogen-bond acceptors (Lipinski definition) is 4. The van der Waals surface area contributed by atoms with E-state index in [-0.39, 0.29) is 24.8 Å². The van der Waals surface area contributed by atoms with Crippen LogP contribution in [0.15, 0.2) is 16.6 Å². The number of carbonyl (C=O) groups excluding carboxylic acids is 1. The third kappa shape index (κ3) is 3.68. The molecule has 27 heavy (non-hydrogen) atoms. The maximum Gasteiger partial charge on any atom is 0.410 e. The van der Waals surface area contributed by atoms with Crippen LogP contribution in [-0.2, 0) is 4.74 Å². The van der Waals surface area contributed by atoms with E-state index < -0.39 is 5.60 Å². The summed E-state index contributed by atoms with van der Waals surface area (Å²) in [5.74, 6) is 1.26. The van der Waals surface area contributed by atoms with Crippen LogP contribution in [0.5, 0.6) is 0 Å². The molecule has 1 saturated carbocycles. The lowest BCUT2D eigenvalue weighted by atomic mass is 9.99. The van der Waals surface area contributed by atoms with E-state index in [2.05, 4.69) is 26.9 Å². The van der Waals surface area contributed by atoms with Gasteiger partial charge in [0.1, 0.15) is 5.60 Å². The minimum atomic E-state index is -0.548. The van der Waals surface area contributed by atoms with Crippen molar-refractivity contribution in [1.82, 2.24) is 4.90 Å². The van der Waals surface area contributed by atoms with E-state index in [4.69, 9.17) is 16.3 Å².